The molecule has 0 heterocycles. The van der Waals surface area contributed by atoms with Gasteiger partial charge in [0.25, 0.3) is 0 Å². The zero-order valence-corrected chi connectivity index (χ0v) is 23.5. The predicted octanol–water partition coefficient (Wildman–Crippen LogP) is 2.94. The lowest BCUT2D eigenvalue weighted by Crippen LogP contribution is -2.53. The molecule has 2 aromatic carbocycles. The molecule has 0 bridgehead atoms. The first-order valence-corrected chi connectivity index (χ1v) is 14.2. The van der Waals surface area contributed by atoms with Crippen LogP contribution >= 0.6 is 0 Å². The van der Waals surface area contributed by atoms with E-state index in [4.69, 9.17) is 4.74 Å². The maximum absolute atomic E-state index is 13.3. The minimum atomic E-state index is -1.90. The maximum atomic E-state index is 13.3. The number of nitrogens with one attached hydrogen (secondary N) is 2. The van der Waals surface area contributed by atoms with Crippen LogP contribution in [0.25, 0.3) is 0 Å². The third kappa shape index (κ3) is 11.4. The van der Waals surface area contributed by atoms with Crippen molar-refractivity contribution in [3.63, 3.8) is 0 Å². The standard InChI is InChI=1S/C28H36FN3O6S/c1-5-38-27(35)16-32(24(14-19(2)3)28(36)30-15-21-8-10-22(29)11-9-21)26(34)18-39(37)17-25(33)31-23-12-6-20(4)7-13-23/h6-13,19,24H,5,14-18H2,1-4H3,(H,30,36)(H,31,33)/t24-,39-/m1/s1. The molecule has 3 amide bonds. The zero-order chi connectivity index (χ0) is 28.9. The quantitative estimate of drug-likeness (QED) is 0.342. The summed E-state index contributed by atoms with van der Waals surface area (Å²) in [6, 6.07) is 11.6. The first kappa shape index (κ1) is 31.6. The molecule has 0 saturated heterocycles. The van der Waals surface area contributed by atoms with Crippen LogP contribution in [0.15, 0.2) is 48.5 Å². The lowest BCUT2D eigenvalue weighted by molar-refractivity contribution is -0.151. The van der Waals surface area contributed by atoms with Gasteiger partial charge in [0.05, 0.1) is 6.61 Å². The summed E-state index contributed by atoms with van der Waals surface area (Å²) in [6.07, 6.45) is 0.223. The molecule has 11 heteroatoms. The van der Waals surface area contributed by atoms with Gasteiger partial charge in [0.1, 0.15) is 29.9 Å². The van der Waals surface area contributed by atoms with Gasteiger partial charge in [-0.3, -0.25) is 23.4 Å². The normalized spacial score (nSPS) is 12.4. The minimum Gasteiger partial charge on any atom is -0.465 e. The van der Waals surface area contributed by atoms with Gasteiger partial charge in [-0.15, -0.1) is 0 Å². The molecule has 0 aromatic heterocycles. The van der Waals surface area contributed by atoms with E-state index in [1.54, 1.807) is 19.1 Å². The number of benzene rings is 2. The van der Waals surface area contributed by atoms with E-state index in [1.807, 2.05) is 32.9 Å². The summed E-state index contributed by atoms with van der Waals surface area (Å²) < 4.78 is 31.0. The smallest absolute Gasteiger partial charge is 0.325 e. The van der Waals surface area contributed by atoms with Crippen LogP contribution in [-0.2, 0) is 41.3 Å². The van der Waals surface area contributed by atoms with Gasteiger partial charge in [-0.25, -0.2) is 4.39 Å². The van der Waals surface area contributed by atoms with Gasteiger partial charge < -0.3 is 20.3 Å². The van der Waals surface area contributed by atoms with Crippen molar-refractivity contribution >= 4 is 40.2 Å². The molecule has 0 radical (unpaired) electrons. The number of anilines is 1. The molecule has 2 atom stereocenters. The molecular weight excluding hydrogens is 525 g/mol. The number of hydrogen-bond acceptors (Lipinski definition) is 6. The highest BCUT2D eigenvalue weighted by molar-refractivity contribution is 7.86. The maximum Gasteiger partial charge on any atom is 0.325 e. The average Bonchev–Trinajstić information content (AvgIpc) is 2.86. The molecular formula is C28H36FN3O6S. The summed E-state index contributed by atoms with van der Waals surface area (Å²) in [7, 11) is -1.90. The van der Waals surface area contributed by atoms with Gasteiger partial charge in [-0.2, -0.15) is 0 Å². The van der Waals surface area contributed by atoms with Gasteiger partial charge >= 0.3 is 5.97 Å². The molecule has 212 valence electrons. The fraction of sp³-hybridized carbons (Fsp3) is 0.429. The van der Waals surface area contributed by atoms with Crippen LogP contribution in [0, 0.1) is 18.7 Å². The Morgan fingerprint density at radius 3 is 2.23 bits per heavy atom. The molecule has 39 heavy (non-hydrogen) atoms. The zero-order valence-electron chi connectivity index (χ0n) is 22.7. The van der Waals surface area contributed by atoms with Crippen LogP contribution in [0.1, 0.15) is 38.3 Å². The van der Waals surface area contributed by atoms with E-state index >= 15 is 0 Å². The van der Waals surface area contributed by atoms with Gasteiger partial charge in [0.15, 0.2) is 0 Å². The van der Waals surface area contributed by atoms with Crippen molar-refractivity contribution < 1.29 is 32.5 Å². The third-order valence-electron chi connectivity index (χ3n) is 5.59. The Bertz CT molecular complexity index is 1150. The lowest BCUT2D eigenvalue weighted by atomic mass is 10.0. The van der Waals surface area contributed by atoms with E-state index in [2.05, 4.69) is 10.6 Å². The second-order valence-electron chi connectivity index (χ2n) is 9.46. The van der Waals surface area contributed by atoms with E-state index in [-0.39, 0.29) is 25.5 Å². The Labute approximate surface area is 230 Å². The van der Waals surface area contributed by atoms with Gasteiger partial charge in [0.2, 0.25) is 17.7 Å². The Morgan fingerprint density at radius 2 is 1.64 bits per heavy atom. The molecule has 0 aliphatic heterocycles. The molecule has 0 fully saturated rings. The molecule has 2 N–H and O–H groups in total. The largest absolute Gasteiger partial charge is 0.465 e. The Balaban J connectivity index is 2.14. The van der Waals surface area contributed by atoms with Crippen molar-refractivity contribution in [1.29, 1.82) is 0 Å². The number of carbonyl (C=O) groups is 4. The molecule has 0 aliphatic carbocycles. The SMILES string of the molecule is CCOC(=O)CN(C(=O)C[S@](=O)CC(=O)Nc1ccc(C)cc1)[C@H](CC(C)C)C(=O)NCc1ccc(F)cc1. The summed E-state index contributed by atoms with van der Waals surface area (Å²) in [5.41, 5.74) is 2.20. The predicted molar refractivity (Wildman–Crippen MR) is 148 cm³/mol. The lowest BCUT2D eigenvalue weighted by Gasteiger charge is -2.31. The van der Waals surface area contributed by atoms with Crippen molar-refractivity contribution in [1.82, 2.24) is 10.2 Å². The number of hydrogen-bond donors (Lipinski definition) is 2. The van der Waals surface area contributed by atoms with Crippen molar-refractivity contribution in [2.24, 2.45) is 5.92 Å². The monoisotopic (exact) mass is 561 g/mol. The van der Waals surface area contributed by atoms with E-state index in [0.717, 1.165) is 10.5 Å². The molecule has 2 rings (SSSR count). The van der Waals surface area contributed by atoms with Crippen LogP contribution in [0.3, 0.4) is 0 Å². The summed E-state index contributed by atoms with van der Waals surface area (Å²) in [5, 5.41) is 5.37. The van der Waals surface area contributed by atoms with E-state index < -0.39 is 64.4 Å². The fourth-order valence-corrected chi connectivity index (χ4v) is 4.61. The number of esters is 1. The summed E-state index contributed by atoms with van der Waals surface area (Å²) in [6.45, 7) is 6.90. The van der Waals surface area contributed by atoms with Crippen LogP contribution in [-0.4, -0.2) is 63.5 Å². The average molecular weight is 562 g/mol. The van der Waals surface area contributed by atoms with Gasteiger partial charge in [-0.1, -0.05) is 43.7 Å². The van der Waals surface area contributed by atoms with E-state index in [0.29, 0.717) is 11.3 Å². The second-order valence-corrected chi connectivity index (χ2v) is 10.9. The highest BCUT2D eigenvalue weighted by atomic mass is 32.2. The summed E-state index contributed by atoms with van der Waals surface area (Å²) >= 11 is 0. The van der Waals surface area contributed by atoms with Crippen molar-refractivity contribution in [3.8, 4) is 0 Å². The number of aryl methyl sites for hydroxylation is 1. The number of carbonyl (C=O) groups excluding carboxylic acids is 4. The Hall–Kier alpha value is -3.60. The summed E-state index contributed by atoms with van der Waals surface area (Å²) in [5.74, 6) is -3.91. The van der Waals surface area contributed by atoms with Crippen LogP contribution < -0.4 is 10.6 Å². The van der Waals surface area contributed by atoms with Crippen molar-refractivity contribution in [2.45, 2.75) is 46.7 Å². The topological polar surface area (TPSA) is 122 Å². The Kier molecular flexibility index (Phi) is 12.7. The molecule has 0 spiro atoms. The second kappa shape index (κ2) is 15.7. The molecule has 2 aromatic rings. The molecule has 9 nitrogen and oxygen atoms in total. The summed E-state index contributed by atoms with van der Waals surface area (Å²) in [4.78, 5) is 52.3. The number of nitrogens with zero attached hydrogens (tertiary/aromatic N) is 1. The molecule has 0 aliphatic rings. The molecule has 0 unspecified atom stereocenters. The van der Waals surface area contributed by atoms with Gasteiger partial charge in [0, 0.05) is 23.0 Å². The number of halogens is 1. The number of amides is 3. The van der Waals surface area contributed by atoms with Crippen LogP contribution in [0.5, 0.6) is 0 Å². The minimum absolute atomic E-state index is 0.0325. The molecule has 0 saturated carbocycles. The van der Waals surface area contributed by atoms with E-state index in [1.165, 1.54) is 24.3 Å². The number of ether oxygens (including phenoxy) is 1. The first-order valence-electron chi connectivity index (χ1n) is 12.7. The van der Waals surface area contributed by atoms with Crippen molar-refractivity contribution in [3.05, 3.63) is 65.5 Å². The third-order valence-corrected chi connectivity index (χ3v) is 6.74. The Morgan fingerprint density at radius 1 is 1.00 bits per heavy atom. The van der Waals surface area contributed by atoms with Crippen LogP contribution in [0.2, 0.25) is 0 Å². The van der Waals surface area contributed by atoms with Crippen molar-refractivity contribution in [2.75, 3.05) is 30.0 Å². The van der Waals surface area contributed by atoms with E-state index in [9.17, 15) is 27.8 Å². The van der Waals surface area contributed by atoms with Gasteiger partial charge in [-0.05, 0) is 56.0 Å². The fourth-order valence-electron chi connectivity index (χ4n) is 3.70. The first-order chi connectivity index (χ1) is 18.5. The highest BCUT2D eigenvalue weighted by Gasteiger charge is 2.33. The van der Waals surface area contributed by atoms with Crippen LogP contribution in [0.4, 0.5) is 10.1 Å². The number of rotatable bonds is 14. The highest BCUT2D eigenvalue weighted by Crippen LogP contribution is 2.15.